The molecule has 1 amide bonds. The number of likely N-dealkylation sites (tertiary alicyclic amines) is 1. The van der Waals surface area contributed by atoms with Gasteiger partial charge in [0.1, 0.15) is 5.82 Å². The normalized spacial score (nSPS) is 18.2. The number of hydrogen-bond acceptors (Lipinski definition) is 7. The zero-order valence-corrected chi connectivity index (χ0v) is 19.7. The Kier molecular flexibility index (Phi) is 6.92. The van der Waals surface area contributed by atoms with E-state index >= 15 is 0 Å². The van der Waals surface area contributed by atoms with Crippen molar-refractivity contribution in [1.82, 2.24) is 19.8 Å². The number of rotatable bonds is 5. The predicted octanol–water partition coefficient (Wildman–Crippen LogP) is 3.16. The first kappa shape index (κ1) is 21.8. The van der Waals surface area contributed by atoms with Crippen molar-refractivity contribution in [2.24, 2.45) is 0 Å². The second-order valence-corrected chi connectivity index (χ2v) is 9.13. The van der Waals surface area contributed by atoms with Gasteiger partial charge in [-0.1, -0.05) is 0 Å². The van der Waals surface area contributed by atoms with E-state index < -0.39 is 0 Å². The molecule has 9 heteroatoms. The van der Waals surface area contributed by atoms with Gasteiger partial charge in [0.05, 0.1) is 4.47 Å². The number of benzene rings is 1. The number of carbonyl (C=O) groups excluding carboxylic acids is 1. The van der Waals surface area contributed by atoms with Gasteiger partial charge >= 0.3 is 0 Å². The van der Waals surface area contributed by atoms with E-state index in [1.165, 1.54) is 5.69 Å². The van der Waals surface area contributed by atoms with Gasteiger partial charge in [-0.3, -0.25) is 4.79 Å². The number of halogens is 1. The van der Waals surface area contributed by atoms with Crippen molar-refractivity contribution in [3.8, 4) is 0 Å². The van der Waals surface area contributed by atoms with E-state index in [9.17, 15) is 4.79 Å². The third-order valence-electron chi connectivity index (χ3n) is 6.02. The molecule has 0 aliphatic carbocycles. The van der Waals surface area contributed by atoms with Crippen molar-refractivity contribution in [3.63, 3.8) is 0 Å². The van der Waals surface area contributed by atoms with Crippen LogP contribution < -0.4 is 15.5 Å². The van der Waals surface area contributed by atoms with Crippen molar-refractivity contribution >= 4 is 45.0 Å². The smallest absolute Gasteiger partial charge is 0.229 e. The van der Waals surface area contributed by atoms with Gasteiger partial charge in [-0.25, -0.2) is 4.98 Å². The van der Waals surface area contributed by atoms with Gasteiger partial charge in [-0.15, -0.1) is 0 Å². The van der Waals surface area contributed by atoms with Crippen molar-refractivity contribution in [2.75, 3.05) is 61.8 Å². The summed E-state index contributed by atoms with van der Waals surface area (Å²) in [6.45, 7) is 7.48. The molecule has 1 aromatic carbocycles. The summed E-state index contributed by atoms with van der Waals surface area (Å²) >= 11 is 3.55. The number of amides is 1. The standard InChI is InChI=1S/C22H30BrN7O/c1-16(31)29-9-7-18(8-10-29)25-21-20(23)15-24-22(27-21)26-17-3-5-19(6-4-17)30-13-11-28(2)12-14-30/h3-6,15,18H,7-14H2,1-2H3,(H2,24,25,26,27). The molecule has 31 heavy (non-hydrogen) atoms. The Hall–Kier alpha value is -2.39. The minimum absolute atomic E-state index is 0.145. The Labute approximate surface area is 192 Å². The Morgan fingerprint density at radius 3 is 2.39 bits per heavy atom. The second-order valence-electron chi connectivity index (χ2n) is 8.28. The summed E-state index contributed by atoms with van der Waals surface area (Å²) < 4.78 is 0.831. The van der Waals surface area contributed by atoms with E-state index in [-0.39, 0.29) is 11.9 Å². The van der Waals surface area contributed by atoms with Gasteiger partial charge in [0, 0.05) is 69.8 Å². The van der Waals surface area contributed by atoms with Crippen LogP contribution in [-0.4, -0.2) is 78.0 Å². The molecule has 0 bridgehead atoms. The maximum atomic E-state index is 11.5. The molecule has 1 aromatic heterocycles. The van der Waals surface area contributed by atoms with Gasteiger partial charge in [0.2, 0.25) is 11.9 Å². The van der Waals surface area contributed by atoms with Crippen molar-refractivity contribution in [2.45, 2.75) is 25.8 Å². The summed E-state index contributed by atoms with van der Waals surface area (Å²) in [6, 6.07) is 8.73. The van der Waals surface area contributed by atoms with Crippen molar-refractivity contribution in [1.29, 1.82) is 0 Å². The van der Waals surface area contributed by atoms with Crippen LogP contribution in [0.2, 0.25) is 0 Å². The molecule has 3 heterocycles. The molecule has 2 fully saturated rings. The van der Waals surface area contributed by atoms with Crippen LogP contribution in [0.5, 0.6) is 0 Å². The molecule has 2 saturated heterocycles. The number of nitrogens with zero attached hydrogens (tertiary/aromatic N) is 5. The number of piperidine rings is 1. The molecule has 0 saturated carbocycles. The highest BCUT2D eigenvalue weighted by atomic mass is 79.9. The average Bonchev–Trinajstić information content (AvgIpc) is 2.78. The second kappa shape index (κ2) is 9.82. The molecule has 2 aliphatic heterocycles. The Morgan fingerprint density at radius 1 is 1.06 bits per heavy atom. The molecule has 4 rings (SSSR count). The van der Waals surface area contributed by atoms with Crippen LogP contribution in [0.3, 0.4) is 0 Å². The Morgan fingerprint density at radius 2 is 1.74 bits per heavy atom. The van der Waals surface area contributed by atoms with Gasteiger partial charge in [0.25, 0.3) is 0 Å². The van der Waals surface area contributed by atoms with Gasteiger partial charge in [0.15, 0.2) is 0 Å². The molecule has 0 spiro atoms. The van der Waals surface area contributed by atoms with E-state index in [1.54, 1.807) is 13.1 Å². The summed E-state index contributed by atoms with van der Waals surface area (Å²) in [5.41, 5.74) is 2.20. The number of hydrogen-bond donors (Lipinski definition) is 2. The first-order valence-corrected chi connectivity index (χ1v) is 11.6. The minimum Gasteiger partial charge on any atom is -0.369 e. The van der Waals surface area contributed by atoms with Crippen LogP contribution in [0.4, 0.5) is 23.1 Å². The van der Waals surface area contributed by atoms with Crippen LogP contribution in [0, 0.1) is 0 Å². The predicted molar refractivity (Wildman–Crippen MR) is 128 cm³/mol. The van der Waals surface area contributed by atoms with Crippen LogP contribution in [-0.2, 0) is 4.79 Å². The van der Waals surface area contributed by atoms with E-state index in [2.05, 4.69) is 77.6 Å². The number of likely N-dealkylation sites (N-methyl/N-ethyl adjacent to an activating group) is 1. The molecular weight excluding hydrogens is 458 g/mol. The SMILES string of the molecule is CC(=O)N1CCC(Nc2nc(Nc3ccc(N4CCN(C)CC4)cc3)ncc2Br)CC1. The summed E-state index contributed by atoms with van der Waals surface area (Å²) in [4.78, 5) is 27.3. The number of nitrogens with one attached hydrogen (secondary N) is 2. The highest BCUT2D eigenvalue weighted by molar-refractivity contribution is 9.10. The first-order chi connectivity index (χ1) is 15.0. The van der Waals surface area contributed by atoms with Crippen molar-refractivity contribution < 1.29 is 4.79 Å². The summed E-state index contributed by atoms with van der Waals surface area (Å²) in [5, 5.41) is 6.81. The molecule has 2 N–H and O–H groups in total. The van der Waals surface area contributed by atoms with Crippen molar-refractivity contribution in [3.05, 3.63) is 34.9 Å². The quantitative estimate of drug-likeness (QED) is 0.670. The Bertz CT molecular complexity index is 891. The van der Waals surface area contributed by atoms with Gasteiger partial charge < -0.3 is 25.3 Å². The largest absolute Gasteiger partial charge is 0.369 e. The van der Waals surface area contributed by atoms with Crippen LogP contribution in [0.25, 0.3) is 0 Å². The van der Waals surface area contributed by atoms with Gasteiger partial charge in [-0.2, -0.15) is 4.98 Å². The number of piperazine rings is 1. The lowest BCUT2D eigenvalue weighted by Gasteiger charge is -2.34. The number of aromatic nitrogens is 2. The lowest BCUT2D eigenvalue weighted by Crippen LogP contribution is -2.44. The lowest BCUT2D eigenvalue weighted by molar-refractivity contribution is -0.129. The van der Waals surface area contributed by atoms with E-state index in [0.29, 0.717) is 5.95 Å². The van der Waals surface area contributed by atoms with E-state index in [4.69, 9.17) is 0 Å². The summed E-state index contributed by atoms with van der Waals surface area (Å²) in [5.74, 6) is 1.47. The average molecular weight is 488 g/mol. The maximum Gasteiger partial charge on any atom is 0.229 e. The number of carbonyl (C=O) groups is 1. The molecule has 0 unspecified atom stereocenters. The van der Waals surface area contributed by atoms with E-state index in [0.717, 1.165) is 68.1 Å². The zero-order valence-electron chi connectivity index (χ0n) is 18.1. The summed E-state index contributed by atoms with van der Waals surface area (Å²) in [7, 11) is 2.17. The summed E-state index contributed by atoms with van der Waals surface area (Å²) in [6.07, 6.45) is 3.58. The van der Waals surface area contributed by atoms with Crippen LogP contribution in [0.1, 0.15) is 19.8 Å². The third-order valence-corrected chi connectivity index (χ3v) is 6.60. The fourth-order valence-corrected chi connectivity index (χ4v) is 4.32. The molecule has 166 valence electrons. The fourth-order valence-electron chi connectivity index (χ4n) is 4.01. The highest BCUT2D eigenvalue weighted by Crippen LogP contribution is 2.26. The molecule has 8 nitrogen and oxygen atoms in total. The topological polar surface area (TPSA) is 76.6 Å². The lowest BCUT2D eigenvalue weighted by atomic mass is 10.1. The van der Waals surface area contributed by atoms with Crippen LogP contribution >= 0.6 is 15.9 Å². The molecule has 0 atom stereocenters. The Balaban J connectivity index is 1.36. The maximum absolute atomic E-state index is 11.5. The first-order valence-electron chi connectivity index (χ1n) is 10.8. The number of anilines is 4. The molecule has 2 aromatic rings. The van der Waals surface area contributed by atoms with E-state index in [1.807, 2.05) is 4.90 Å². The molecule has 0 radical (unpaired) electrons. The van der Waals surface area contributed by atoms with Crippen LogP contribution in [0.15, 0.2) is 34.9 Å². The third kappa shape index (κ3) is 5.65. The minimum atomic E-state index is 0.145. The molecular formula is C22H30BrN7O. The monoisotopic (exact) mass is 487 g/mol. The molecule has 2 aliphatic rings. The fraction of sp³-hybridized carbons (Fsp3) is 0.500. The van der Waals surface area contributed by atoms with Gasteiger partial charge in [-0.05, 0) is 60.1 Å². The highest BCUT2D eigenvalue weighted by Gasteiger charge is 2.21. The zero-order chi connectivity index (χ0) is 21.8.